The zero-order valence-electron chi connectivity index (χ0n) is 14.5. The van der Waals surface area contributed by atoms with Crippen molar-refractivity contribution in [1.82, 2.24) is 19.7 Å². The van der Waals surface area contributed by atoms with E-state index in [0.29, 0.717) is 38.1 Å². The number of benzene rings is 1. The highest BCUT2D eigenvalue weighted by Gasteiger charge is 2.14. The molecule has 0 saturated carbocycles. The van der Waals surface area contributed by atoms with Crippen molar-refractivity contribution in [1.29, 1.82) is 0 Å². The molecule has 0 bridgehead atoms. The summed E-state index contributed by atoms with van der Waals surface area (Å²) in [5, 5.41) is 8.80. The Balaban J connectivity index is 1.86. The van der Waals surface area contributed by atoms with Gasteiger partial charge in [0.15, 0.2) is 0 Å². The van der Waals surface area contributed by atoms with Crippen molar-refractivity contribution >= 4 is 27.7 Å². The lowest BCUT2D eigenvalue weighted by Crippen LogP contribution is -2.27. The van der Waals surface area contributed by atoms with Crippen molar-refractivity contribution < 1.29 is 9.53 Å². The Morgan fingerprint density at radius 2 is 2.08 bits per heavy atom. The van der Waals surface area contributed by atoms with Crippen LogP contribution >= 0.6 is 0 Å². The third-order valence-electron chi connectivity index (χ3n) is 4.28. The van der Waals surface area contributed by atoms with E-state index in [2.05, 4.69) is 10.4 Å². The molecule has 0 spiro atoms. The molecule has 0 aliphatic rings. The number of hydrogen-bond acceptors (Lipinski definition) is 4. The van der Waals surface area contributed by atoms with E-state index in [1.165, 1.54) is 4.68 Å². The Morgan fingerprint density at radius 1 is 1.28 bits per heavy atom. The first-order valence-electron chi connectivity index (χ1n) is 8.32. The highest BCUT2D eigenvalue weighted by molar-refractivity contribution is 6.07. The molecule has 25 heavy (non-hydrogen) atoms. The molecule has 7 nitrogen and oxygen atoms in total. The first kappa shape index (κ1) is 17.2. The van der Waals surface area contributed by atoms with Gasteiger partial charge < -0.3 is 14.6 Å². The molecule has 2 heterocycles. The van der Waals surface area contributed by atoms with E-state index in [1.54, 1.807) is 20.4 Å². The Kier molecular flexibility index (Phi) is 5.14. The van der Waals surface area contributed by atoms with E-state index in [0.717, 1.165) is 16.3 Å². The standard InChI is InChI=1S/C18H22N4O3/c1-21-18(24)17-14(12-20-21)13-6-3-4-7-15(13)22(17)10-5-8-16(23)19-9-11-25-2/h3-4,6-7,12H,5,8-11H2,1-2H3,(H,19,23). The number of carbonyl (C=O) groups excluding carboxylic acids is 1. The van der Waals surface area contributed by atoms with Gasteiger partial charge in [-0.15, -0.1) is 0 Å². The highest BCUT2D eigenvalue weighted by atomic mass is 16.5. The molecule has 132 valence electrons. The summed E-state index contributed by atoms with van der Waals surface area (Å²) in [6.07, 6.45) is 2.79. The largest absolute Gasteiger partial charge is 0.383 e. The number of nitrogens with one attached hydrogen (secondary N) is 1. The van der Waals surface area contributed by atoms with E-state index in [-0.39, 0.29) is 11.5 Å². The second-order valence-electron chi connectivity index (χ2n) is 5.95. The van der Waals surface area contributed by atoms with E-state index in [9.17, 15) is 9.59 Å². The van der Waals surface area contributed by atoms with Crippen LogP contribution < -0.4 is 10.9 Å². The number of nitrogens with zero attached hydrogens (tertiary/aromatic N) is 3. The second-order valence-corrected chi connectivity index (χ2v) is 5.95. The van der Waals surface area contributed by atoms with Gasteiger partial charge in [0.1, 0.15) is 5.52 Å². The van der Waals surface area contributed by atoms with Crippen LogP contribution in [0.4, 0.5) is 0 Å². The summed E-state index contributed by atoms with van der Waals surface area (Å²) < 4.78 is 8.25. The molecule has 1 amide bonds. The van der Waals surface area contributed by atoms with Gasteiger partial charge in [-0.05, 0) is 12.5 Å². The number of carbonyl (C=O) groups is 1. The fraction of sp³-hybridized carbons (Fsp3) is 0.389. The van der Waals surface area contributed by atoms with Crippen LogP contribution in [0.1, 0.15) is 12.8 Å². The summed E-state index contributed by atoms with van der Waals surface area (Å²) in [7, 11) is 3.25. The molecule has 7 heteroatoms. The Morgan fingerprint density at radius 3 is 2.88 bits per heavy atom. The maximum atomic E-state index is 12.6. The van der Waals surface area contributed by atoms with E-state index >= 15 is 0 Å². The van der Waals surface area contributed by atoms with E-state index in [4.69, 9.17) is 4.74 Å². The Labute approximate surface area is 145 Å². The summed E-state index contributed by atoms with van der Waals surface area (Å²) >= 11 is 0. The molecule has 2 aromatic heterocycles. The van der Waals surface area contributed by atoms with Crippen LogP contribution in [0.3, 0.4) is 0 Å². The summed E-state index contributed by atoms with van der Waals surface area (Å²) in [6, 6.07) is 7.89. The van der Waals surface area contributed by atoms with Crippen LogP contribution in [0.5, 0.6) is 0 Å². The molecule has 3 aromatic rings. The van der Waals surface area contributed by atoms with Crippen molar-refractivity contribution in [3.05, 3.63) is 40.8 Å². The number of aromatic nitrogens is 3. The fourth-order valence-corrected chi connectivity index (χ4v) is 3.05. The molecule has 0 fully saturated rings. The third-order valence-corrected chi connectivity index (χ3v) is 4.28. The molecular weight excluding hydrogens is 320 g/mol. The molecule has 0 atom stereocenters. The van der Waals surface area contributed by atoms with Crippen molar-refractivity contribution in [2.24, 2.45) is 7.05 Å². The van der Waals surface area contributed by atoms with Crippen molar-refractivity contribution in [3.8, 4) is 0 Å². The minimum absolute atomic E-state index is 0.00705. The lowest BCUT2D eigenvalue weighted by molar-refractivity contribution is -0.121. The first-order valence-corrected chi connectivity index (χ1v) is 8.32. The van der Waals surface area contributed by atoms with Gasteiger partial charge in [-0.25, -0.2) is 4.68 Å². The average molecular weight is 342 g/mol. The number of rotatable bonds is 7. The number of methoxy groups -OCH3 is 1. The van der Waals surface area contributed by atoms with Crippen LogP contribution in [0.25, 0.3) is 21.8 Å². The molecule has 0 saturated heterocycles. The average Bonchev–Trinajstić information content (AvgIpc) is 2.93. The number of fused-ring (bicyclic) bond motifs is 3. The second kappa shape index (κ2) is 7.48. The molecule has 0 radical (unpaired) electrons. The lowest BCUT2D eigenvalue weighted by atomic mass is 10.2. The molecule has 0 aliphatic heterocycles. The van der Waals surface area contributed by atoms with Gasteiger partial charge in [-0.2, -0.15) is 5.10 Å². The van der Waals surface area contributed by atoms with Crippen LogP contribution in [-0.2, 0) is 23.1 Å². The van der Waals surface area contributed by atoms with Gasteiger partial charge in [-0.1, -0.05) is 18.2 Å². The topological polar surface area (TPSA) is 78.2 Å². The minimum Gasteiger partial charge on any atom is -0.383 e. The Hall–Kier alpha value is -2.67. The van der Waals surface area contributed by atoms with Gasteiger partial charge in [0, 0.05) is 50.0 Å². The van der Waals surface area contributed by atoms with Crippen LogP contribution in [0.15, 0.2) is 35.3 Å². The smallest absolute Gasteiger partial charge is 0.291 e. The number of para-hydroxylation sites is 1. The summed E-state index contributed by atoms with van der Waals surface area (Å²) in [6.45, 7) is 1.61. The van der Waals surface area contributed by atoms with Crippen LogP contribution in [-0.4, -0.2) is 40.5 Å². The van der Waals surface area contributed by atoms with Crippen molar-refractivity contribution in [2.45, 2.75) is 19.4 Å². The van der Waals surface area contributed by atoms with Gasteiger partial charge >= 0.3 is 0 Å². The molecule has 3 rings (SSSR count). The van der Waals surface area contributed by atoms with Crippen molar-refractivity contribution in [2.75, 3.05) is 20.3 Å². The van der Waals surface area contributed by atoms with Gasteiger partial charge in [-0.3, -0.25) is 9.59 Å². The lowest BCUT2D eigenvalue weighted by Gasteiger charge is -2.08. The Bertz CT molecular complexity index is 958. The fourth-order valence-electron chi connectivity index (χ4n) is 3.05. The molecule has 1 aromatic carbocycles. The van der Waals surface area contributed by atoms with Crippen LogP contribution in [0, 0.1) is 0 Å². The van der Waals surface area contributed by atoms with Gasteiger partial charge in [0.25, 0.3) is 5.56 Å². The maximum Gasteiger partial charge on any atom is 0.291 e. The van der Waals surface area contributed by atoms with Gasteiger partial charge in [0.05, 0.1) is 12.8 Å². The van der Waals surface area contributed by atoms with Crippen molar-refractivity contribution in [3.63, 3.8) is 0 Å². The number of hydrogen-bond donors (Lipinski definition) is 1. The SMILES string of the molecule is COCCNC(=O)CCCn1c2ccccc2c2cnn(C)c(=O)c21. The summed E-state index contributed by atoms with van der Waals surface area (Å²) in [5.74, 6) is -0.00705. The number of amides is 1. The normalized spacial score (nSPS) is 11.3. The first-order chi connectivity index (χ1) is 12.1. The zero-order valence-corrected chi connectivity index (χ0v) is 14.5. The molecule has 1 N–H and O–H groups in total. The van der Waals surface area contributed by atoms with Gasteiger partial charge in [0.2, 0.25) is 5.91 Å². The third kappa shape index (κ3) is 3.41. The highest BCUT2D eigenvalue weighted by Crippen LogP contribution is 2.26. The monoisotopic (exact) mass is 342 g/mol. The maximum absolute atomic E-state index is 12.6. The van der Waals surface area contributed by atoms with Crippen LogP contribution in [0.2, 0.25) is 0 Å². The predicted molar refractivity (Wildman–Crippen MR) is 96.6 cm³/mol. The van der Waals surface area contributed by atoms with E-state index in [1.807, 2.05) is 28.8 Å². The molecule has 0 unspecified atom stereocenters. The quantitative estimate of drug-likeness (QED) is 0.659. The number of aryl methyl sites for hydroxylation is 2. The zero-order chi connectivity index (χ0) is 17.8. The summed E-state index contributed by atoms with van der Waals surface area (Å²) in [4.78, 5) is 24.4. The predicted octanol–water partition coefficient (Wildman–Crippen LogP) is 1.43. The summed E-state index contributed by atoms with van der Waals surface area (Å²) in [5.41, 5.74) is 1.50. The molecule has 0 aliphatic carbocycles. The van der Waals surface area contributed by atoms with E-state index < -0.39 is 0 Å². The minimum atomic E-state index is -0.127. The number of ether oxygens (including phenoxy) is 1. The molecular formula is C18H22N4O3.